The molecule has 0 amide bonds. The number of carbonyl (C=O) groups is 1. The van der Waals surface area contributed by atoms with Gasteiger partial charge in [0.1, 0.15) is 23.2 Å². The van der Waals surface area contributed by atoms with Gasteiger partial charge in [-0.15, -0.1) is 0 Å². The number of carboxylic acid groups (broad SMARTS) is 1. The largest absolute Gasteiger partial charge is 0.494 e. The Morgan fingerprint density at radius 3 is 2.52 bits per heavy atom. The molecule has 0 fully saturated rings. The summed E-state index contributed by atoms with van der Waals surface area (Å²) in [5.74, 6) is 0.529. The van der Waals surface area contributed by atoms with E-state index in [2.05, 4.69) is 10.3 Å². The van der Waals surface area contributed by atoms with Crippen LogP contribution in [0.5, 0.6) is 5.75 Å². The fraction of sp³-hybridized carbons (Fsp3) is 0.250. The lowest BCUT2D eigenvalue weighted by molar-refractivity contribution is -0.137. The highest BCUT2D eigenvalue weighted by atomic mass is 19.1. The molecule has 4 N–H and O–H groups in total. The number of ether oxygens (including phenoxy) is 1. The fourth-order valence-corrected chi connectivity index (χ4v) is 3.29. The maximum atomic E-state index is 13.2. The van der Waals surface area contributed by atoms with E-state index >= 15 is 0 Å². The highest BCUT2D eigenvalue weighted by Gasteiger charge is 2.16. The molecule has 3 aromatic rings. The Morgan fingerprint density at radius 2 is 1.84 bits per heavy atom. The van der Waals surface area contributed by atoms with Crippen LogP contribution in [0.2, 0.25) is 0 Å². The van der Waals surface area contributed by atoms with Gasteiger partial charge in [0.05, 0.1) is 13.0 Å². The summed E-state index contributed by atoms with van der Waals surface area (Å²) in [6.45, 7) is 1.26. The highest BCUT2D eigenvalue weighted by molar-refractivity contribution is 5.68. The first kappa shape index (κ1) is 22.1. The molecule has 0 bridgehead atoms. The summed E-state index contributed by atoms with van der Waals surface area (Å²) in [7, 11) is 0. The van der Waals surface area contributed by atoms with Crippen LogP contribution in [0.4, 0.5) is 16.0 Å². The van der Waals surface area contributed by atoms with Crippen LogP contribution in [-0.4, -0.2) is 29.2 Å². The third-order valence-corrected chi connectivity index (χ3v) is 4.83. The maximum absolute atomic E-state index is 13.2. The monoisotopic (exact) mass is 423 g/mol. The van der Waals surface area contributed by atoms with Crippen molar-refractivity contribution in [3.8, 4) is 5.75 Å². The molecule has 0 aliphatic heterocycles. The number of carboxylic acids is 1. The average Bonchev–Trinajstić information content (AvgIpc) is 2.74. The fourth-order valence-electron chi connectivity index (χ4n) is 3.29. The van der Waals surface area contributed by atoms with E-state index in [1.807, 2.05) is 36.4 Å². The molecule has 1 heterocycles. The van der Waals surface area contributed by atoms with Crippen molar-refractivity contribution >= 4 is 17.6 Å². The van der Waals surface area contributed by atoms with Crippen LogP contribution in [0.25, 0.3) is 0 Å². The van der Waals surface area contributed by atoms with Crippen LogP contribution < -0.4 is 15.8 Å². The summed E-state index contributed by atoms with van der Waals surface area (Å²) in [5, 5.41) is 12.4. The third kappa shape index (κ3) is 7.29. The predicted molar refractivity (Wildman–Crippen MR) is 119 cm³/mol. The van der Waals surface area contributed by atoms with E-state index < -0.39 is 5.97 Å². The molecule has 0 saturated heterocycles. The van der Waals surface area contributed by atoms with Gasteiger partial charge < -0.3 is 20.9 Å². The zero-order valence-electron chi connectivity index (χ0n) is 17.1. The standard InChI is InChI=1S/C24H26FN3O3/c25-20-9-7-18(8-10-20)19(16-24(29)30)15-17-5-11-21(12-6-17)31-14-2-13-27-23-4-1-3-22(26)28-23/h1,3-12,19H,2,13-16H2,(H,29,30)(H3,26,27,28). The number of halogens is 1. The van der Waals surface area contributed by atoms with Crippen LogP contribution in [-0.2, 0) is 11.2 Å². The molecule has 0 saturated carbocycles. The van der Waals surface area contributed by atoms with E-state index in [1.165, 1.54) is 12.1 Å². The summed E-state index contributed by atoms with van der Waals surface area (Å²) in [4.78, 5) is 15.4. The van der Waals surface area contributed by atoms with Crippen molar-refractivity contribution in [3.63, 3.8) is 0 Å². The Hall–Kier alpha value is -3.61. The topological polar surface area (TPSA) is 97.5 Å². The predicted octanol–water partition coefficient (Wildman–Crippen LogP) is 4.48. The number of aliphatic carboxylic acids is 1. The van der Waals surface area contributed by atoms with Gasteiger partial charge in [0.25, 0.3) is 0 Å². The summed E-state index contributed by atoms with van der Waals surface area (Å²) in [6, 6.07) is 19.1. The van der Waals surface area contributed by atoms with Crippen LogP contribution in [0, 0.1) is 5.82 Å². The van der Waals surface area contributed by atoms with Gasteiger partial charge in [0, 0.05) is 6.54 Å². The van der Waals surface area contributed by atoms with Gasteiger partial charge in [-0.25, -0.2) is 9.37 Å². The number of aromatic nitrogens is 1. The van der Waals surface area contributed by atoms with Crippen molar-refractivity contribution in [3.05, 3.63) is 83.7 Å². The van der Waals surface area contributed by atoms with Crippen molar-refractivity contribution in [2.45, 2.75) is 25.2 Å². The molecule has 2 aromatic carbocycles. The molecular weight excluding hydrogens is 397 g/mol. The zero-order valence-corrected chi connectivity index (χ0v) is 17.1. The Morgan fingerprint density at radius 1 is 1.10 bits per heavy atom. The Bertz CT molecular complexity index is 978. The second-order valence-corrected chi connectivity index (χ2v) is 7.27. The molecular formula is C24H26FN3O3. The van der Waals surface area contributed by atoms with Crippen molar-refractivity contribution in [1.29, 1.82) is 0 Å². The van der Waals surface area contributed by atoms with Gasteiger partial charge in [-0.2, -0.15) is 0 Å². The minimum Gasteiger partial charge on any atom is -0.494 e. The molecule has 1 aromatic heterocycles. The number of rotatable bonds is 11. The van der Waals surface area contributed by atoms with E-state index in [0.717, 1.165) is 29.1 Å². The van der Waals surface area contributed by atoms with Crippen LogP contribution in [0.15, 0.2) is 66.7 Å². The Balaban J connectivity index is 1.48. The Kier molecular flexibility index (Phi) is 7.81. The molecule has 162 valence electrons. The number of hydrogen-bond acceptors (Lipinski definition) is 5. The minimum absolute atomic E-state index is 0.0151. The van der Waals surface area contributed by atoms with Gasteiger partial charge in [0.2, 0.25) is 0 Å². The average molecular weight is 423 g/mol. The number of nitrogens with two attached hydrogens (primary N) is 1. The molecule has 0 radical (unpaired) electrons. The summed E-state index contributed by atoms with van der Waals surface area (Å²) >= 11 is 0. The van der Waals surface area contributed by atoms with Crippen molar-refractivity contribution in [2.24, 2.45) is 0 Å². The van der Waals surface area contributed by atoms with Gasteiger partial charge in [-0.3, -0.25) is 4.79 Å². The first-order valence-electron chi connectivity index (χ1n) is 10.1. The summed E-state index contributed by atoms with van der Waals surface area (Å²) < 4.78 is 19.0. The molecule has 1 unspecified atom stereocenters. The highest BCUT2D eigenvalue weighted by Crippen LogP contribution is 2.26. The Labute approximate surface area is 180 Å². The minimum atomic E-state index is -0.878. The second kappa shape index (κ2) is 11.0. The van der Waals surface area contributed by atoms with Crippen LogP contribution in [0.3, 0.4) is 0 Å². The molecule has 6 nitrogen and oxygen atoms in total. The summed E-state index contributed by atoms with van der Waals surface area (Å²) in [5.41, 5.74) is 7.46. The molecule has 0 spiro atoms. The quantitative estimate of drug-likeness (QED) is 0.393. The molecule has 1 atom stereocenters. The SMILES string of the molecule is Nc1cccc(NCCCOc2ccc(CC(CC(=O)O)c3ccc(F)cc3)cc2)n1. The normalized spacial score (nSPS) is 11.6. The maximum Gasteiger partial charge on any atom is 0.303 e. The lowest BCUT2D eigenvalue weighted by Crippen LogP contribution is -2.10. The number of hydrogen-bond donors (Lipinski definition) is 3. The van der Waals surface area contributed by atoms with Gasteiger partial charge in [-0.05, 0) is 66.3 Å². The van der Waals surface area contributed by atoms with Crippen LogP contribution >= 0.6 is 0 Å². The van der Waals surface area contributed by atoms with E-state index in [-0.39, 0.29) is 18.2 Å². The van der Waals surface area contributed by atoms with Gasteiger partial charge in [0.15, 0.2) is 0 Å². The lowest BCUT2D eigenvalue weighted by atomic mass is 9.89. The van der Waals surface area contributed by atoms with E-state index in [0.29, 0.717) is 25.4 Å². The van der Waals surface area contributed by atoms with E-state index in [4.69, 9.17) is 10.5 Å². The first-order valence-corrected chi connectivity index (χ1v) is 10.1. The number of benzene rings is 2. The number of pyridine rings is 1. The molecule has 7 heteroatoms. The van der Waals surface area contributed by atoms with Crippen molar-refractivity contribution in [2.75, 3.05) is 24.2 Å². The summed E-state index contributed by atoms with van der Waals surface area (Å²) in [6.07, 6.45) is 1.33. The van der Waals surface area contributed by atoms with E-state index in [1.54, 1.807) is 18.2 Å². The third-order valence-electron chi connectivity index (χ3n) is 4.83. The smallest absolute Gasteiger partial charge is 0.303 e. The number of anilines is 2. The van der Waals surface area contributed by atoms with Crippen molar-refractivity contribution in [1.82, 2.24) is 4.98 Å². The zero-order chi connectivity index (χ0) is 22.1. The first-order chi connectivity index (χ1) is 15.0. The van der Waals surface area contributed by atoms with Crippen LogP contribution in [0.1, 0.15) is 29.9 Å². The van der Waals surface area contributed by atoms with Gasteiger partial charge >= 0.3 is 5.97 Å². The lowest BCUT2D eigenvalue weighted by Gasteiger charge is -2.16. The molecule has 31 heavy (non-hydrogen) atoms. The molecule has 0 aliphatic carbocycles. The van der Waals surface area contributed by atoms with Crippen molar-refractivity contribution < 1.29 is 19.0 Å². The molecule has 0 aliphatic rings. The van der Waals surface area contributed by atoms with E-state index in [9.17, 15) is 14.3 Å². The molecule has 3 rings (SSSR count). The number of nitrogens with one attached hydrogen (secondary N) is 1. The number of nitrogen functional groups attached to an aromatic ring is 1. The van der Waals surface area contributed by atoms with Gasteiger partial charge in [-0.1, -0.05) is 30.3 Å². The second-order valence-electron chi connectivity index (χ2n) is 7.27. The number of nitrogens with zero attached hydrogens (tertiary/aromatic N) is 1.